The summed E-state index contributed by atoms with van der Waals surface area (Å²) in [6.07, 6.45) is 0. The zero-order valence-electron chi connectivity index (χ0n) is 11.3. The highest BCUT2D eigenvalue weighted by molar-refractivity contribution is 14.1. The Hall–Kier alpha value is -1.38. The molecule has 0 aliphatic carbocycles. The average Bonchev–Trinajstić information content (AvgIpc) is 2.64. The van der Waals surface area contributed by atoms with E-state index < -0.39 is 0 Å². The largest absolute Gasteiger partial charge is 0.369 e. The van der Waals surface area contributed by atoms with Crippen LogP contribution in [0.1, 0.15) is 13.8 Å². The molecule has 1 amide bonds. The van der Waals surface area contributed by atoms with Crippen molar-refractivity contribution in [2.75, 3.05) is 12.3 Å². The molecule has 2 aromatic rings. The van der Waals surface area contributed by atoms with Crippen LogP contribution in [0.2, 0.25) is 0 Å². The van der Waals surface area contributed by atoms with Gasteiger partial charge in [-0.25, -0.2) is 9.37 Å². The lowest BCUT2D eigenvalue weighted by molar-refractivity contribution is -0.121. The van der Waals surface area contributed by atoms with Gasteiger partial charge in [0.2, 0.25) is 11.9 Å². The third-order valence-electron chi connectivity index (χ3n) is 2.83. The number of imidazole rings is 1. The molecule has 3 N–H and O–H groups in total. The molecule has 1 heterocycles. The summed E-state index contributed by atoms with van der Waals surface area (Å²) >= 11 is 1.90. The highest BCUT2D eigenvalue weighted by atomic mass is 127. The van der Waals surface area contributed by atoms with Crippen LogP contribution in [-0.2, 0) is 11.3 Å². The highest BCUT2D eigenvalue weighted by Gasteiger charge is 2.14. The topological polar surface area (TPSA) is 72.9 Å². The zero-order chi connectivity index (χ0) is 14.9. The maximum atomic E-state index is 13.6. The van der Waals surface area contributed by atoms with Crippen LogP contribution in [0.25, 0.3) is 11.0 Å². The summed E-state index contributed by atoms with van der Waals surface area (Å²) in [5.41, 5.74) is 6.92. The van der Waals surface area contributed by atoms with E-state index in [1.54, 1.807) is 6.07 Å². The average molecular weight is 390 g/mol. The minimum atomic E-state index is -0.346. The van der Waals surface area contributed by atoms with E-state index in [1.807, 2.05) is 36.4 Å². The number of halogens is 2. The fourth-order valence-corrected chi connectivity index (χ4v) is 2.27. The Kier molecular flexibility index (Phi) is 4.46. The molecule has 1 aromatic heterocycles. The van der Waals surface area contributed by atoms with Crippen LogP contribution in [0.3, 0.4) is 0 Å². The van der Waals surface area contributed by atoms with Gasteiger partial charge < -0.3 is 15.6 Å². The van der Waals surface area contributed by atoms with Gasteiger partial charge in [-0.3, -0.25) is 4.79 Å². The number of nitrogen functional groups attached to an aromatic ring is 1. The molecule has 0 aliphatic heterocycles. The molecule has 0 atom stereocenters. The maximum Gasteiger partial charge on any atom is 0.240 e. The van der Waals surface area contributed by atoms with Crippen molar-refractivity contribution in [1.82, 2.24) is 14.9 Å². The number of nitrogens with one attached hydrogen (secondary N) is 1. The molecule has 108 valence electrons. The Labute approximate surface area is 129 Å². The molecule has 5 nitrogen and oxygen atoms in total. The van der Waals surface area contributed by atoms with Crippen LogP contribution in [0.15, 0.2) is 12.1 Å². The molecule has 0 saturated heterocycles. The number of nitrogens with two attached hydrogens (primary N) is 1. The van der Waals surface area contributed by atoms with Crippen molar-refractivity contribution in [2.45, 2.75) is 20.4 Å². The molecule has 2 rings (SSSR count). The third kappa shape index (κ3) is 3.20. The zero-order valence-corrected chi connectivity index (χ0v) is 13.4. The Morgan fingerprint density at radius 3 is 2.90 bits per heavy atom. The van der Waals surface area contributed by atoms with Gasteiger partial charge in [-0.05, 0) is 34.6 Å². The standard InChI is InChI=1S/C13H16FIN4O/c1-7(2)5-17-12(20)6-19-11-3-8(14)9(15)4-10(11)18-13(19)16/h3-4,7H,5-6H2,1-2H3,(H2,16,18)(H,17,20). The highest BCUT2D eigenvalue weighted by Crippen LogP contribution is 2.22. The Morgan fingerprint density at radius 2 is 2.25 bits per heavy atom. The van der Waals surface area contributed by atoms with Gasteiger partial charge in [0.05, 0.1) is 14.6 Å². The van der Waals surface area contributed by atoms with E-state index in [1.165, 1.54) is 10.6 Å². The predicted octanol–water partition coefficient (Wildman–Crippen LogP) is 2.13. The second-order valence-electron chi connectivity index (χ2n) is 5.01. The quantitative estimate of drug-likeness (QED) is 0.786. The van der Waals surface area contributed by atoms with Gasteiger partial charge in [-0.1, -0.05) is 13.8 Å². The van der Waals surface area contributed by atoms with E-state index in [9.17, 15) is 9.18 Å². The predicted molar refractivity (Wildman–Crippen MR) is 84.7 cm³/mol. The Bertz CT molecular complexity index is 653. The number of carbonyl (C=O) groups is 1. The van der Waals surface area contributed by atoms with Gasteiger partial charge in [0.1, 0.15) is 12.4 Å². The molecule has 0 bridgehead atoms. The number of aromatic nitrogens is 2. The van der Waals surface area contributed by atoms with Crippen molar-refractivity contribution in [1.29, 1.82) is 0 Å². The number of hydrogen-bond donors (Lipinski definition) is 2. The first-order valence-electron chi connectivity index (χ1n) is 6.26. The molecule has 0 fully saturated rings. The molecule has 0 radical (unpaired) electrons. The number of hydrogen-bond acceptors (Lipinski definition) is 3. The fraction of sp³-hybridized carbons (Fsp3) is 0.385. The first-order valence-corrected chi connectivity index (χ1v) is 7.33. The molecule has 0 spiro atoms. The minimum absolute atomic E-state index is 0.0368. The molecule has 20 heavy (non-hydrogen) atoms. The van der Waals surface area contributed by atoms with Gasteiger partial charge in [0.25, 0.3) is 0 Å². The van der Waals surface area contributed by atoms with E-state index in [0.29, 0.717) is 27.1 Å². The molecule has 0 unspecified atom stereocenters. The summed E-state index contributed by atoms with van der Waals surface area (Å²) in [6.45, 7) is 4.66. The van der Waals surface area contributed by atoms with E-state index in [2.05, 4.69) is 10.3 Å². The van der Waals surface area contributed by atoms with Gasteiger partial charge in [-0.15, -0.1) is 0 Å². The molecule has 1 aromatic carbocycles. The lowest BCUT2D eigenvalue weighted by Crippen LogP contribution is -2.30. The summed E-state index contributed by atoms with van der Waals surface area (Å²) in [6, 6.07) is 2.97. The molecular formula is C13H16FIN4O. The number of amides is 1. The van der Waals surface area contributed by atoms with Crippen LogP contribution in [0.5, 0.6) is 0 Å². The second-order valence-corrected chi connectivity index (χ2v) is 6.17. The third-order valence-corrected chi connectivity index (χ3v) is 3.66. The summed E-state index contributed by atoms with van der Waals surface area (Å²) in [7, 11) is 0. The van der Waals surface area contributed by atoms with Crippen molar-refractivity contribution in [3.8, 4) is 0 Å². The monoisotopic (exact) mass is 390 g/mol. The number of anilines is 1. The van der Waals surface area contributed by atoms with Gasteiger partial charge >= 0.3 is 0 Å². The van der Waals surface area contributed by atoms with E-state index in [4.69, 9.17) is 5.73 Å². The van der Waals surface area contributed by atoms with E-state index in [0.717, 1.165) is 0 Å². The van der Waals surface area contributed by atoms with Crippen molar-refractivity contribution >= 4 is 45.5 Å². The SMILES string of the molecule is CC(C)CNC(=O)Cn1c(N)nc2cc(I)c(F)cc21. The fourth-order valence-electron chi connectivity index (χ4n) is 1.82. The van der Waals surface area contributed by atoms with Crippen LogP contribution in [-0.4, -0.2) is 22.0 Å². The van der Waals surface area contributed by atoms with Gasteiger partial charge in [0, 0.05) is 12.6 Å². The van der Waals surface area contributed by atoms with Crippen LogP contribution < -0.4 is 11.1 Å². The number of carbonyl (C=O) groups excluding carboxylic acids is 1. The number of nitrogens with zero attached hydrogens (tertiary/aromatic N) is 2. The summed E-state index contributed by atoms with van der Waals surface area (Å²) in [5, 5.41) is 2.80. The van der Waals surface area contributed by atoms with Crippen molar-refractivity contribution in [2.24, 2.45) is 5.92 Å². The van der Waals surface area contributed by atoms with Crippen molar-refractivity contribution < 1.29 is 9.18 Å². The van der Waals surface area contributed by atoms with Gasteiger partial charge in [-0.2, -0.15) is 0 Å². The lowest BCUT2D eigenvalue weighted by Gasteiger charge is -2.09. The smallest absolute Gasteiger partial charge is 0.240 e. The van der Waals surface area contributed by atoms with Crippen molar-refractivity contribution in [3.05, 3.63) is 21.5 Å². The molecule has 0 aliphatic rings. The van der Waals surface area contributed by atoms with Crippen LogP contribution in [0, 0.1) is 15.3 Å². The minimum Gasteiger partial charge on any atom is -0.369 e. The second kappa shape index (κ2) is 5.94. The maximum absolute atomic E-state index is 13.6. The van der Waals surface area contributed by atoms with E-state index >= 15 is 0 Å². The number of fused-ring (bicyclic) bond motifs is 1. The summed E-state index contributed by atoms with van der Waals surface area (Å²) in [4.78, 5) is 16.0. The number of benzene rings is 1. The number of rotatable bonds is 4. The van der Waals surface area contributed by atoms with Crippen LogP contribution >= 0.6 is 22.6 Å². The Balaban J connectivity index is 2.27. The van der Waals surface area contributed by atoms with Gasteiger partial charge in [0.15, 0.2) is 0 Å². The first kappa shape index (κ1) is 15.0. The summed E-state index contributed by atoms with van der Waals surface area (Å²) < 4.78 is 15.6. The Morgan fingerprint density at radius 1 is 1.55 bits per heavy atom. The van der Waals surface area contributed by atoms with Crippen LogP contribution in [0.4, 0.5) is 10.3 Å². The molecular weight excluding hydrogens is 374 g/mol. The first-order chi connectivity index (χ1) is 9.38. The summed E-state index contributed by atoms with van der Waals surface area (Å²) in [5.74, 6) is 0.0708. The molecule has 7 heteroatoms. The van der Waals surface area contributed by atoms with E-state index in [-0.39, 0.29) is 24.2 Å². The van der Waals surface area contributed by atoms with Crippen molar-refractivity contribution in [3.63, 3.8) is 0 Å². The molecule has 0 saturated carbocycles. The lowest BCUT2D eigenvalue weighted by atomic mass is 10.2. The normalized spacial score (nSPS) is 11.2.